The van der Waals surface area contributed by atoms with Crippen molar-refractivity contribution in [2.45, 2.75) is 12.5 Å². The number of carboxylic acid groups (broad SMARTS) is 1. The third-order valence-corrected chi connectivity index (χ3v) is 5.47. The smallest absolute Gasteiger partial charge is 0.326 e. The van der Waals surface area contributed by atoms with Crippen molar-refractivity contribution in [1.29, 1.82) is 0 Å². The van der Waals surface area contributed by atoms with Crippen molar-refractivity contribution in [2.75, 3.05) is 0 Å². The summed E-state index contributed by atoms with van der Waals surface area (Å²) in [4.78, 5) is 24.6. The van der Waals surface area contributed by atoms with E-state index in [1.165, 1.54) is 0 Å². The average molecular weight is 448 g/mol. The van der Waals surface area contributed by atoms with Gasteiger partial charge in [0.2, 0.25) is 0 Å². The van der Waals surface area contributed by atoms with Crippen molar-refractivity contribution in [1.82, 2.24) is 5.32 Å². The molecule has 4 rings (SSSR count). The first-order valence-corrected chi connectivity index (χ1v) is 10.0. The van der Waals surface area contributed by atoms with Crippen molar-refractivity contribution < 1.29 is 14.7 Å². The fourth-order valence-corrected chi connectivity index (χ4v) is 4.00. The van der Waals surface area contributed by atoms with Gasteiger partial charge in [-0.25, -0.2) is 4.79 Å². The molecule has 0 fully saturated rings. The van der Waals surface area contributed by atoms with Crippen LogP contribution in [-0.2, 0) is 11.2 Å². The van der Waals surface area contributed by atoms with E-state index in [1.54, 1.807) is 18.2 Å². The Labute approximate surface area is 176 Å². The first-order chi connectivity index (χ1) is 14.0. The van der Waals surface area contributed by atoms with Gasteiger partial charge in [-0.2, -0.15) is 0 Å². The van der Waals surface area contributed by atoms with Crippen LogP contribution in [0.3, 0.4) is 0 Å². The van der Waals surface area contributed by atoms with Crippen LogP contribution in [0.1, 0.15) is 15.9 Å². The molecule has 5 heteroatoms. The maximum Gasteiger partial charge on any atom is 0.326 e. The molecule has 4 nitrogen and oxygen atoms in total. The number of carbonyl (C=O) groups is 2. The first kappa shape index (κ1) is 19.2. The summed E-state index contributed by atoms with van der Waals surface area (Å²) in [5.41, 5.74) is 1.33. The highest BCUT2D eigenvalue weighted by atomic mass is 79.9. The second-order valence-electron chi connectivity index (χ2n) is 6.88. The molecule has 4 aromatic rings. The number of carbonyl (C=O) groups excluding carboxylic acids is 1. The summed E-state index contributed by atoms with van der Waals surface area (Å²) in [5.74, 6) is -1.48. The molecular weight excluding hydrogens is 430 g/mol. The minimum Gasteiger partial charge on any atom is -0.480 e. The van der Waals surface area contributed by atoms with Crippen LogP contribution < -0.4 is 5.32 Å². The van der Waals surface area contributed by atoms with E-state index in [9.17, 15) is 14.7 Å². The van der Waals surface area contributed by atoms with Crippen molar-refractivity contribution in [2.24, 2.45) is 0 Å². The predicted octanol–water partition coefficient (Wildman–Crippen LogP) is 5.18. The second kappa shape index (κ2) is 8.05. The van der Waals surface area contributed by atoms with Gasteiger partial charge in [0.1, 0.15) is 6.04 Å². The summed E-state index contributed by atoms with van der Waals surface area (Å²) >= 11 is 3.34. The molecule has 0 aliphatic rings. The largest absolute Gasteiger partial charge is 0.480 e. The molecule has 0 saturated heterocycles. The van der Waals surface area contributed by atoms with Crippen LogP contribution in [0, 0.1) is 0 Å². The minimum absolute atomic E-state index is 0.191. The average Bonchev–Trinajstić information content (AvgIpc) is 2.72. The lowest BCUT2D eigenvalue weighted by Crippen LogP contribution is -2.42. The lowest BCUT2D eigenvalue weighted by Gasteiger charge is -2.18. The Morgan fingerprint density at radius 2 is 1.48 bits per heavy atom. The van der Waals surface area contributed by atoms with E-state index in [-0.39, 0.29) is 6.42 Å². The lowest BCUT2D eigenvalue weighted by molar-refractivity contribution is -0.139. The van der Waals surface area contributed by atoms with E-state index in [0.29, 0.717) is 5.56 Å². The van der Waals surface area contributed by atoms with E-state index in [4.69, 9.17) is 0 Å². The van der Waals surface area contributed by atoms with Gasteiger partial charge in [-0.05, 0) is 51.4 Å². The molecule has 4 aromatic carbocycles. The van der Waals surface area contributed by atoms with Gasteiger partial charge in [0.25, 0.3) is 5.91 Å². The van der Waals surface area contributed by atoms with E-state index in [2.05, 4.69) is 27.3 Å². The van der Waals surface area contributed by atoms with Crippen LogP contribution in [0.2, 0.25) is 0 Å². The second-order valence-corrected chi connectivity index (χ2v) is 7.79. The third kappa shape index (κ3) is 4.00. The number of hydrogen-bond donors (Lipinski definition) is 2. The zero-order valence-corrected chi connectivity index (χ0v) is 17.0. The molecule has 0 saturated carbocycles. The number of halogens is 1. The highest BCUT2D eigenvalue weighted by molar-refractivity contribution is 9.10. The van der Waals surface area contributed by atoms with Crippen LogP contribution in [0.5, 0.6) is 0 Å². The van der Waals surface area contributed by atoms with Gasteiger partial charge in [0.15, 0.2) is 0 Å². The SMILES string of the molecule is O=C(N[C@@H](Cc1c2ccccc2cc2ccccc12)C(=O)O)c1cccc(Br)c1. The van der Waals surface area contributed by atoms with Crippen molar-refractivity contribution in [3.63, 3.8) is 0 Å². The number of aliphatic carboxylic acids is 1. The van der Waals surface area contributed by atoms with Gasteiger partial charge in [0, 0.05) is 16.5 Å². The summed E-state index contributed by atoms with van der Waals surface area (Å²) in [7, 11) is 0. The molecule has 0 aromatic heterocycles. The Kier molecular flexibility index (Phi) is 5.32. The Balaban J connectivity index is 1.74. The van der Waals surface area contributed by atoms with Crippen molar-refractivity contribution in [3.05, 3.63) is 94.5 Å². The fourth-order valence-electron chi connectivity index (χ4n) is 3.60. The standard InChI is InChI=1S/C24H18BrNO3/c25-18-9-5-8-17(13-18)23(27)26-22(24(28)29)14-21-19-10-3-1-6-15(19)12-16-7-2-4-11-20(16)21/h1-13,22H,14H2,(H,26,27)(H,28,29)/t22-/m0/s1. The van der Waals surface area contributed by atoms with Crippen LogP contribution in [0.4, 0.5) is 0 Å². The number of fused-ring (bicyclic) bond motifs is 2. The molecule has 1 amide bonds. The number of nitrogens with one attached hydrogen (secondary N) is 1. The Hall–Kier alpha value is -3.18. The quantitative estimate of drug-likeness (QED) is 0.414. The van der Waals surface area contributed by atoms with Gasteiger partial charge in [-0.3, -0.25) is 4.79 Å². The summed E-state index contributed by atoms with van der Waals surface area (Å²) in [6.45, 7) is 0. The predicted molar refractivity (Wildman–Crippen MR) is 118 cm³/mol. The van der Waals surface area contributed by atoms with Gasteiger partial charge in [-0.1, -0.05) is 70.5 Å². The van der Waals surface area contributed by atoms with E-state index in [1.807, 2.05) is 54.6 Å². The zero-order valence-electron chi connectivity index (χ0n) is 15.4. The van der Waals surface area contributed by atoms with E-state index < -0.39 is 17.9 Å². The summed E-state index contributed by atoms with van der Waals surface area (Å²) < 4.78 is 0.761. The van der Waals surface area contributed by atoms with Gasteiger partial charge < -0.3 is 10.4 Å². The zero-order chi connectivity index (χ0) is 20.4. The van der Waals surface area contributed by atoms with Crippen LogP contribution in [0.15, 0.2) is 83.3 Å². The molecule has 2 N–H and O–H groups in total. The Bertz CT molecular complexity index is 1180. The van der Waals surface area contributed by atoms with Crippen molar-refractivity contribution in [3.8, 4) is 0 Å². The maximum absolute atomic E-state index is 12.6. The lowest BCUT2D eigenvalue weighted by atomic mass is 9.92. The van der Waals surface area contributed by atoms with Crippen LogP contribution in [-0.4, -0.2) is 23.0 Å². The van der Waals surface area contributed by atoms with Crippen LogP contribution in [0.25, 0.3) is 21.5 Å². The fraction of sp³-hybridized carbons (Fsp3) is 0.0833. The molecule has 144 valence electrons. The summed E-state index contributed by atoms with van der Waals surface area (Å²) in [6, 6.07) is 23.8. The first-order valence-electron chi connectivity index (χ1n) is 9.21. The number of carboxylic acids is 1. The van der Waals surface area contributed by atoms with E-state index in [0.717, 1.165) is 31.6 Å². The Morgan fingerprint density at radius 1 is 0.862 bits per heavy atom. The molecule has 0 bridgehead atoms. The third-order valence-electron chi connectivity index (χ3n) is 4.98. The van der Waals surface area contributed by atoms with E-state index >= 15 is 0 Å². The molecule has 0 heterocycles. The molecule has 0 unspecified atom stereocenters. The monoisotopic (exact) mass is 447 g/mol. The van der Waals surface area contributed by atoms with Crippen LogP contribution >= 0.6 is 15.9 Å². The minimum atomic E-state index is -1.06. The highest BCUT2D eigenvalue weighted by Gasteiger charge is 2.23. The molecule has 0 spiro atoms. The highest BCUT2D eigenvalue weighted by Crippen LogP contribution is 2.29. The normalized spacial score (nSPS) is 12.0. The number of amides is 1. The molecule has 0 aliphatic carbocycles. The number of hydrogen-bond acceptors (Lipinski definition) is 2. The summed E-state index contributed by atoms with van der Waals surface area (Å²) in [6.07, 6.45) is 0.191. The Morgan fingerprint density at radius 3 is 2.07 bits per heavy atom. The molecule has 0 radical (unpaired) electrons. The van der Waals surface area contributed by atoms with Gasteiger partial charge >= 0.3 is 5.97 Å². The van der Waals surface area contributed by atoms with Gasteiger partial charge in [0.05, 0.1) is 0 Å². The number of rotatable bonds is 5. The molecule has 1 atom stereocenters. The topological polar surface area (TPSA) is 66.4 Å². The molecular formula is C24H18BrNO3. The molecule has 29 heavy (non-hydrogen) atoms. The molecule has 0 aliphatic heterocycles. The summed E-state index contributed by atoms with van der Waals surface area (Å²) in [5, 5.41) is 16.6. The van der Waals surface area contributed by atoms with Crippen molar-refractivity contribution >= 4 is 49.4 Å². The van der Waals surface area contributed by atoms with Gasteiger partial charge in [-0.15, -0.1) is 0 Å². The maximum atomic E-state index is 12.6. The number of benzene rings is 4.